The van der Waals surface area contributed by atoms with Crippen LogP contribution in [0, 0.1) is 6.92 Å². The lowest BCUT2D eigenvalue weighted by Gasteiger charge is -2.11. The number of hydrogen-bond acceptors (Lipinski definition) is 2. The largest absolute Gasteiger partial charge is 0.354 e. The summed E-state index contributed by atoms with van der Waals surface area (Å²) in [4.78, 5) is 11.5. The highest BCUT2D eigenvalue weighted by molar-refractivity contribution is 5.79. The van der Waals surface area contributed by atoms with E-state index in [0.717, 1.165) is 18.5 Å². The van der Waals surface area contributed by atoms with Crippen LogP contribution in [0.25, 0.3) is 0 Å². The molecule has 0 bridgehead atoms. The summed E-state index contributed by atoms with van der Waals surface area (Å²) in [5.41, 5.74) is 1.07. The number of carbonyl (C=O) groups is 1. The minimum Gasteiger partial charge on any atom is -0.354 e. The average molecular weight is 195 g/mol. The Labute approximate surface area is 84.3 Å². The molecule has 0 spiro atoms. The van der Waals surface area contributed by atoms with Gasteiger partial charge in [0.05, 0.1) is 6.20 Å². The molecular formula is C10H17N3O. The van der Waals surface area contributed by atoms with Crippen LogP contribution in [0.2, 0.25) is 0 Å². The maximum Gasteiger partial charge on any atom is 0.244 e. The van der Waals surface area contributed by atoms with Crippen LogP contribution in [0.1, 0.15) is 31.9 Å². The molecular weight excluding hydrogens is 178 g/mol. The molecule has 0 aromatic carbocycles. The SMILES string of the molecule is CCCNC(=O)C(C)n1cc(C)cn1. The fourth-order valence-corrected chi connectivity index (χ4v) is 1.16. The van der Waals surface area contributed by atoms with Gasteiger partial charge >= 0.3 is 0 Å². The molecule has 0 fully saturated rings. The quantitative estimate of drug-likeness (QED) is 0.786. The Hall–Kier alpha value is -1.32. The van der Waals surface area contributed by atoms with Crippen molar-refractivity contribution in [3.63, 3.8) is 0 Å². The Kier molecular flexibility index (Phi) is 3.68. The second-order valence-corrected chi connectivity index (χ2v) is 3.46. The van der Waals surface area contributed by atoms with E-state index in [2.05, 4.69) is 10.4 Å². The molecule has 1 unspecified atom stereocenters. The highest BCUT2D eigenvalue weighted by Crippen LogP contribution is 2.05. The van der Waals surface area contributed by atoms with E-state index in [1.807, 2.05) is 27.0 Å². The Morgan fingerprint density at radius 2 is 2.43 bits per heavy atom. The first kappa shape index (κ1) is 10.8. The van der Waals surface area contributed by atoms with Crippen LogP contribution >= 0.6 is 0 Å². The van der Waals surface area contributed by atoms with Gasteiger partial charge in [-0.25, -0.2) is 0 Å². The summed E-state index contributed by atoms with van der Waals surface area (Å²) in [6, 6.07) is -0.227. The molecule has 0 saturated carbocycles. The van der Waals surface area contributed by atoms with Crippen LogP contribution in [-0.4, -0.2) is 22.2 Å². The van der Waals surface area contributed by atoms with Gasteiger partial charge in [0, 0.05) is 12.7 Å². The molecule has 0 aliphatic rings. The number of nitrogens with zero attached hydrogens (tertiary/aromatic N) is 2. The first-order valence-electron chi connectivity index (χ1n) is 4.93. The number of aryl methyl sites for hydroxylation is 1. The standard InChI is InChI=1S/C10H17N3O/c1-4-5-11-10(14)9(3)13-7-8(2)6-12-13/h6-7,9H,4-5H2,1-3H3,(H,11,14). The van der Waals surface area contributed by atoms with Gasteiger partial charge in [-0.2, -0.15) is 5.10 Å². The van der Waals surface area contributed by atoms with Gasteiger partial charge in [0.2, 0.25) is 5.91 Å². The number of hydrogen-bond donors (Lipinski definition) is 1. The number of rotatable bonds is 4. The van der Waals surface area contributed by atoms with Crippen molar-refractivity contribution in [2.75, 3.05) is 6.54 Å². The van der Waals surface area contributed by atoms with Crippen molar-refractivity contribution in [1.82, 2.24) is 15.1 Å². The fourth-order valence-electron chi connectivity index (χ4n) is 1.16. The Balaban J connectivity index is 2.56. The van der Waals surface area contributed by atoms with Crippen molar-refractivity contribution in [3.05, 3.63) is 18.0 Å². The van der Waals surface area contributed by atoms with E-state index in [1.165, 1.54) is 0 Å². The molecule has 0 saturated heterocycles. The Bertz CT molecular complexity index is 306. The first-order chi connectivity index (χ1) is 6.65. The lowest BCUT2D eigenvalue weighted by Crippen LogP contribution is -2.31. The van der Waals surface area contributed by atoms with Gasteiger partial charge in [0.1, 0.15) is 6.04 Å². The van der Waals surface area contributed by atoms with Crippen LogP contribution < -0.4 is 5.32 Å². The van der Waals surface area contributed by atoms with Gasteiger partial charge in [0.15, 0.2) is 0 Å². The van der Waals surface area contributed by atoms with Crippen molar-refractivity contribution in [2.24, 2.45) is 0 Å². The highest BCUT2D eigenvalue weighted by Gasteiger charge is 2.14. The third kappa shape index (κ3) is 2.58. The number of amides is 1. The lowest BCUT2D eigenvalue weighted by atomic mass is 10.3. The third-order valence-electron chi connectivity index (χ3n) is 2.06. The van der Waals surface area contributed by atoms with Crippen LogP contribution in [0.15, 0.2) is 12.4 Å². The third-order valence-corrected chi connectivity index (χ3v) is 2.06. The molecule has 1 heterocycles. The molecule has 0 aliphatic heterocycles. The number of nitrogens with one attached hydrogen (secondary N) is 1. The number of aromatic nitrogens is 2. The van der Waals surface area contributed by atoms with E-state index in [0.29, 0.717) is 0 Å². The monoisotopic (exact) mass is 195 g/mol. The molecule has 4 heteroatoms. The van der Waals surface area contributed by atoms with Gasteiger partial charge in [-0.05, 0) is 25.8 Å². The molecule has 1 amide bonds. The fraction of sp³-hybridized carbons (Fsp3) is 0.600. The van der Waals surface area contributed by atoms with Gasteiger partial charge in [0.25, 0.3) is 0 Å². The summed E-state index contributed by atoms with van der Waals surface area (Å²) in [7, 11) is 0. The van der Waals surface area contributed by atoms with E-state index in [1.54, 1.807) is 10.9 Å². The highest BCUT2D eigenvalue weighted by atomic mass is 16.2. The second-order valence-electron chi connectivity index (χ2n) is 3.46. The smallest absolute Gasteiger partial charge is 0.244 e. The van der Waals surface area contributed by atoms with Crippen LogP contribution in [-0.2, 0) is 4.79 Å². The Morgan fingerprint density at radius 3 is 2.93 bits per heavy atom. The van der Waals surface area contributed by atoms with E-state index < -0.39 is 0 Å². The summed E-state index contributed by atoms with van der Waals surface area (Å²) in [5, 5.41) is 6.94. The van der Waals surface area contributed by atoms with Gasteiger partial charge in [-0.15, -0.1) is 0 Å². The molecule has 1 aromatic heterocycles. The first-order valence-corrected chi connectivity index (χ1v) is 4.93. The zero-order chi connectivity index (χ0) is 10.6. The lowest BCUT2D eigenvalue weighted by molar-refractivity contribution is -0.124. The van der Waals surface area contributed by atoms with E-state index in [4.69, 9.17) is 0 Å². The summed E-state index contributed by atoms with van der Waals surface area (Å²) in [6.45, 7) is 6.56. The summed E-state index contributed by atoms with van der Waals surface area (Å²) >= 11 is 0. The molecule has 1 N–H and O–H groups in total. The maximum atomic E-state index is 11.5. The van der Waals surface area contributed by atoms with E-state index in [9.17, 15) is 4.79 Å². The minimum atomic E-state index is -0.227. The summed E-state index contributed by atoms with van der Waals surface area (Å²) in [5.74, 6) is 0.0231. The van der Waals surface area contributed by atoms with Crippen molar-refractivity contribution < 1.29 is 4.79 Å². The molecule has 1 rings (SSSR count). The Morgan fingerprint density at radius 1 is 1.71 bits per heavy atom. The van der Waals surface area contributed by atoms with Gasteiger partial charge < -0.3 is 5.32 Å². The molecule has 0 radical (unpaired) electrons. The van der Waals surface area contributed by atoms with Crippen molar-refractivity contribution in [2.45, 2.75) is 33.2 Å². The maximum absolute atomic E-state index is 11.5. The predicted molar refractivity (Wildman–Crippen MR) is 55.0 cm³/mol. The predicted octanol–water partition coefficient (Wildman–Crippen LogP) is 1.28. The molecule has 0 aliphatic carbocycles. The van der Waals surface area contributed by atoms with Gasteiger partial charge in [-0.3, -0.25) is 9.48 Å². The summed E-state index contributed by atoms with van der Waals surface area (Å²) < 4.78 is 1.68. The average Bonchev–Trinajstić information content (AvgIpc) is 2.60. The number of carbonyl (C=O) groups excluding carboxylic acids is 1. The molecule has 1 atom stereocenters. The van der Waals surface area contributed by atoms with E-state index in [-0.39, 0.29) is 11.9 Å². The zero-order valence-electron chi connectivity index (χ0n) is 8.95. The normalized spacial score (nSPS) is 12.5. The van der Waals surface area contributed by atoms with Crippen molar-refractivity contribution in [3.8, 4) is 0 Å². The minimum absolute atomic E-state index is 0.0231. The van der Waals surface area contributed by atoms with Gasteiger partial charge in [-0.1, -0.05) is 6.92 Å². The zero-order valence-corrected chi connectivity index (χ0v) is 8.95. The molecule has 1 aromatic rings. The topological polar surface area (TPSA) is 46.9 Å². The molecule has 14 heavy (non-hydrogen) atoms. The van der Waals surface area contributed by atoms with Crippen molar-refractivity contribution >= 4 is 5.91 Å². The van der Waals surface area contributed by atoms with Crippen LogP contribution in [0.4, 0.5) is 0 Å². The molecule has 78 valence electrons. The molecule has 4 nitrogen and oxygen atoms in total. The van der Waals surface area contributed by atoms with Crippen LogP contribution in [0.3, 0.4) is 0 Å². The second kappa shape index (κ2) is 4.79. The van der Waals surface area contributed by atoms with Crippen molar-refractivity contribution in [1.29, 1.82) is 0 Å². The van der Waals surface area contributed by atoms with Crippen LogP contribution in [0.5, 0.6) is 0 Å². The summed E-state index contributed by atoms with van der Waals surface area (Å²) in [6.07, 6.45) is 4.58. The van der Waals surface area contributed by atoms with E-state index >= 15 is 0 Å².